The lowest BCUT2D eigenvalue weighted by atomic mass is 10.0. The fraction of sp³-hybridized carbons (Fsp3) is 0.280. The van der Waals surface area contributed by atoms with Crippen LogP contribution in [-0.2, 0) is 0 Å². The van der Waals surface area contributed by atoms with Crippen LogP contribution in [0.1, 0.15) is 54.5 Å². The molecule has 8 heteroatoms. The van der Waals surface area contributed by atoms with Crippen LogP contribution >= 0.6 is 0 Å². The molecule has 1 unspecified atom stereocenters. The van der Waals surface area contributed by atoms with Crippen LogP contribution in [-0.4, -0.2) is 21.1 Å². The van der Waals surface area contributed by atoms with Crippen LogP contribution in [0.15, 0.2) is 54.7 Å². The standard InChI is InChI=1S/C25H19F4N3O/c26-17-10-20-22(9-16(17)14-7-8-19(30-12-14)13-5-6-13)32-21(11-18(27)24(32)31-20)15-3-1-2-4-23(15)33-25(28)29/h1-4,7-10,12-13,18,21,25H,5-6,11H2/t18?,21-/m0/s1. The van der Waals surface area contributed by atoms with Crippen molar-refractivity contribution in [2.75, 3.05) is 0 Å². The lowest BCUT2D eigenvalue weighted by Gasteiger charge is -2.19. The largest absolute Gasteiger partial charge is 0.434 e. The van der Waals surface area contributed by atoms with Gasteiger partial charge in [0.05, 0.1) is 17.1 Å². The van der Waals surface area contributed by atoms with Gasteiger partial charge in [0, 0.05) is 47.0 Å². The number of imidazole rings is 1. The first-order chi connectivity index (χ1) is 16.0. The second-order valence-electron chi connectivity index (χ2n) is 8.54. The first kappa shape index (κ1) is 20.2. The number of aromatic nitrogens is 3. The summed E-state index contributed by atoms with van der Waals surface area (Å²) in [6.07, 6.45) is 2.52. The van der Waals surface area contributed by atoms with Gasteiger partial charge in [-0.3, -0.25) is 4.98 Å². The number of nitrogens with zero attached hydrogens (tertiary/aromatic N) is 3. The number of pyridine rings is 1. The minimum absolute atomic E-state index is 0.0124. The van der Waals surface area contributed by atoms with Crippen molar-refractivity contribution >= 4 is 11.0 Å². The van der Waals surface area contributed by atoms with Gasteiger partial charge < -0.3 is 9.30 Å². The quantitative estimate of drug-likeness (QED) is 0.315. The van der Waals surface area contributed by atoms with E-state index in [0.29, 0.717) is 33.6 Å². The van der Waals surface area contributed by atoms with E-state index in [0.717, 1.165) is 18.5 Å². The van der Waals surface area contributed by atoms with E-state index in [1.54, 1.807) is 35.0 Å². The predicted octanol–water partition coefficient (Wildman–Crippen LogP) is 6.72. The number of fused-ring (bicyclic) bond motifs is 3. The van der Waals surface area contributed by atoms with Gasteiger partial charge >= 0.3 is 6.61 Å². The Labute approximate surface area is 186 Å². The number of hydrogen-bond donors (Lipinski definition) is 0. The Bertz CT molecular complexity index is 1350. The van der Waals surface area contributed by atoms with Gasteiger partial charge in [0.1, 0.15) is 17.4 Å². The zero-order valence-corrected chi connectivity index (χ0v) is 17.4. The predicted molar refractivity (Wildman–Crippen MR) is 115 cm³/mol. The van der Waals surface area contributed by atoms with E-state index >= 15 is 0 Å². The molecule has 1 aliphatic carbocycles. The van der Waals surface area contributed by atoms with Gasteiger partial charge in [-0.05, 0) is 31.0 Å². The molecule has 1 fully saturated rings. The molecule has 0 bridgehead atoms. The molecule has 33 heavy (non-hydrogen) atoms. The van der Waals surface area contributed by atoms with Crippen molar-refractivity contribution in [3.05, 3.63) is 77.6 Å². The molecule has 3 heterocycles. The van der Waals surface area contributed by atoms with Crippen LogP contribution in [0.3, 0.4) is 0 Å². The second kappa shape index (κ2) is 7.57. The van der Waals surface area contributed by atoms with Crippen molar-refractivity contribution in [2.24, 2.45) is 0 Å². The van der Waals surface area contributed by atoms with Crippen LogP contribution in [0.25, 0.3) is 22.2 Å². The van der Waals surface area contributed by atoms with E-state index < -0.39 is 24.6 Å². The summed E-state index contributed by atoms with van der Waals surface area (Å²) in [5.74, 6) is 0.151. The fourth-order valence-corrected chi connectivity index (χ4v) is 4.72. The third-order valence-corrected chi connectivity index (χ3v) is 6.41. The summed E-state index contributed by atoms with van der Waals surface area (Å²) in [5, 5.41) is 0. The van der Waals surface area contributed by atoms with E-state index in [1.165, 1.54) is 12.1 Å². The maximum atomic E-state index is 15.0. The minimum atomic E-state index is -3.00. The number of hydrogen-bond acceptors (Lipinski definition) is 3. The molecule has 0 saturated heterocycles. The van der Waals surface area contributed by atoms with E-state index in [9.17, 15) is 17.6 Å². The average Bonchev–Trinajstić information content (AvgIpc) is 3.51. The zero-order chi connectivity index (χ0) is 22.7. The summed E-state index contributed by atoms with van der Waals surface area (Å²) >= 11 is 0. The Balaban J connectivity index is 1.47. The molecule has 2 aliphatic rings. The Hall–Kier alpha value is -3.42. The molecule has 0 N–H and O–H groups in total. The molecule has 0 amide bonds. The summed E-state index contributed by atoms with van der Waals surface area (Å²) in [6.45, 7) is -3.00. The molecule has 2 aromatic heterocycles. The van der Waals surface area contributed by atoms with Crippen molar-refractivity contribution in [3.8, 4) is 16.9 Å². The molecule has 1 aliphatic heterocycles. The average molecular weight is 453 g/mol. The van der Waals surface area contributed by atoms with Crippen molar-refractivity contribution < 1.29 is 22.3 Å². The summed E-state index contributed by atoms with van der Waals surface area (Å²) in [4.78, 5) is 8.80. The van der Waals surface area contributed by atoms with Crippen molar-refractivity contribution in [3.63, 3.8) is 0 Å². The maximum Gasteiger partial charge on any atom is 0.387 e. The number of halogens is 4. The van der Waals surface area contributed by atoms with E-state index in [-0.39, 0.29) is 18.0 Å². The van der Waals surface area contributed by atoms with E-state index in [2.05, 4.69) is 14.7 Å². The Kier molecular flexibility index (Phi) is 4.64. The van der Waals surface area contributed by atoms with Crippen LogP contribution in [0.4, 0.5) is 17.6 Å². The van der Waals surface area contributed by atoms with Gasteiger partial charge in [0.15, 0.2) is 6.17 Å². The summed E-state index contributed by atoms with van der Waals surface area (Å²) < 4.78 is 62.2. The van der Waals surface area contributed by atoms with E-state index in [4.69, 9.17) is 0 Å². The topological polar surface area (TPSA) is 39.9 Å². The zero-order valence-electron chi connectivity index (χ0n) is 17.4. The summed E-state index contributed by atoms with van der Waals surface area (Å²) in [6, 6.07) is 12.4. The molecule has 4 aromatic rings. The van der Waals surface area contributed by atoms with Crippen molar-refractivity contribution in [2.45, 2.75) is 44.0 Å². The summed E-state index contributed by atoms with van der Waals surface area (Å²) in [7, 11) is 0. The highest BCUT2D eigenvalue weighted by Crippen LogP contribution is 2.46. The molecular formula is C25H19F4N3O. The fourth-order valence-electron chi connectivity index (χ4n) is 4.72. The van der Waals surface area contributed by atoms with Gasteiger partial charge in [-0.15, -0.1) is 0 Å². The normalized spacial score (nSPS) is 19.9. The highest BCUT2D eigenvalue weighted by molar-refractivity contribution is 5.83. The molecule has 6 rings (SSSR count). The van der Waals surface area contributed by atoms with Crippen LogP contribution in [0, 0.1) is 5.82 Å². The van der Waals surface area contributed by atoms with Gasteiger partial charge in [0.2, 0.25) is 0 Å². The van der Waals surface area contributed by atoms with Crippen molar-refractivity contribution in [1.29, 1.82) is 0 Å². The highest BCUT2D eigenvalue weighted by Gasteiger charge is 2.37. The third-order valence-electron chi connectivity index (χ3n) is 6.41. The molecule has 0 spiro atoms. The third kappa shape index (κ3) is 3.44. The monoisotopic (exact) mass is 453 g/mol. The van der Waals surface area contributed by atoms with E-state index in [1.807, 2.05) is 12.1 Å². The number of ether oxygens (including phenoxy) is 1. The van der Waals surface area contributed by atoms with Gasteiger partial charge in [-0.2, -0.15) is 8.78 Å². The Morgan fingerprint density at radius 3 is 2.61 bits per heavy atom. The highest BCUT2D eigenvalue weighted by atomic mass is 19.3. The number of alkyl halides is 3. The Morgan fingerprint density at radius 2 is 1.88 bits per heavy atom. The van der Waals surface area contributed by atoms with Gasteiger partial charge in [-0.25, -0.2) is 13.8 Å². The first-order valence-electron chi connectivity index (χ1n) is 10.8. The lowest BCUT2D eigenvalue weighted by Crippen LogP contribution is -2.10. The summed E-state index contributed by atoms with van der Waals surface area (Å²) in [5.41, 5.74) is 3.22. The molecule has 168 valence electrons. The first-order valence-corrected chi connectivity index (χ1v) is 10.8. The number of benzene rings is 2. The lowest BCUT2D eigenvalue weighted by molar-refractivity contribution is -0.0507. The molecular weight excluding hydrogens is 434 g/mol. The van der Waals surface area contributed by atoms with Gasteiger partial charge in [-0.1, -0.05) is 24.3 Å². The van der Waals surface area contributed by atoms with Crippen LogP contribution in [0.2, 0.25) is 0 Å². The van der Waals surface area contributed by atoms with Crippen molar-refractivity contribution in [1.82, 2.24) is 14.5 Å². The SMILES string of the molecule is Fc1cc2nc3n(c2cc1-c1ccc(C2CC2)nc1)[C@H](c1ccccc1OC(F)F)CC3F. The molecule has 1 saturated carbocycles. The number of para-hydroxylation sites is 1. The van der Waals surface area contributed by atoms with Crippen LogP contribution in [0.5, 0.6) is 5.75 Å². The molecule has 4 nitrogen and oxygen atoms in total. The number of rotatable bonds is 5. The molecule has 2 atom stereocenters. The van der Waals surface area contributed by atoms with Gasteiger partial charge in [0.25, 0.3) is 0 Å². The Morgan fingerprint density at radius 1 is 1.06 bits per heavy atom. The maximum absolute atomic E-state index is 15.0. The minimum Gasteiger partial charge on any atom is -0.434 e. The molecule has 2 aromatic carbocycles. The van der Waals surface area contributed by atoms with Crippen LogP contribution < -0.4 is 4.74 Å². The second-order valence-corrected chi connectivity index (χ2v) is 8.54. The molecule has 0 radical (unpaired) electrons. The smallest absolute Gasteiger partial charge is 0.387 e.